The summed E-state index contributed by atoms with van der Waals surface area (Å²) in [5.74, 6) is 24.0. The average molecular weight is 2040 g/mol. The predicted octanol–water partition coefficient (Wildman–Crippen LogP) is 41.4. The third-order valence-corrected chi connectivity index (χ3v) is 75.3. The Balaban J connectivity index is 0.000000164. The summed E-state index contributed by atoms with van der Waals surface area (Å²) in [6.45, 7) is 86.8. The molecule has 0 aliphatic carbocycles. The molecule has 13 aromatic carbocycles. The fourth-order valence-electron chi connectivity index (χ4n) is 28.4. The number of thiophene rings is 2. The standard InChI is InChI=1S/C52H58Si2.C42H56N2Si2.C40H50S2Si2/c1-33(2)53(34(3)4,35(5)6)23-21-47-49-29-43-25-39-17-13-15-19-41(39)27-45(43)31-51(49)48(22-24-54(36(7)8,37(9)10)38(11)12)52-32-46-28-42-20-16-14-18-40(42)26-44(46)30-50(47)52;1-27(2)45(28(3)4,29(5)6)21-17-35-37-23-33-15-19-44(14)42(33)26-40(37)36(18-22-46(30(7)8,31(9)10)32(11)12)38-24-34-16-20-43(13)41(34)25-39(35)38;1-25(2)43(26(3)4,27(5)6)19-15-33-35-21-31-13-17-42-40(31)24-38(35)34(16-20-44(28(7)8,29(9)10)30(11)12)36-22-32-14-18-41-39(32)23-37(33)36/h13-20,25-38H,1-12H3;15-16,19-20,23-32H,1-14H3;13-14,17-18,21-30H,1-12H3. The zero-order valence-corrected chi connectivity index (χ0v) is 102. The molecule has 0 radical (unpaired) electrons. The lowest BCUT2D eigenvalue weighted by atomic mass is 9.88. The maximum atomic E-state index is 4.17. The fourth-order valence-corrected chi connectivity index (χ4v) is 61.3. The molecule has 4 aromatic heterocycles. The summed E-state index contributed by atoms with van der Waals surface area (Å²) in [4.78, 5) is 0. The topological polar surface area (TPSA) is 9.86 Å². The molecule has 0 bridgehead atoms. The Kier molecular flexibility index (Phi) is 31.9. The lowest BCUT2D eigenvalue weighted by molar-refractivity contribution is 0.838. The van der Waals surface area contributed by atoms with E-state index < -0.39 is 48.4 Å². The molecule has 2 nitrogen and oxygen atoms in total. The smallest absolute Gasteiger partial charge is 0.146 e. The second kappa shape index (κ2) is 42.4. The van der Waals surface area contributed by atoms with Crippen LogP contribution in [0.15, 0.2) is 193 Å². The van der Waals surface area contributed by atoms with Gasteiger partial charge in [-0.1, -0.05) is 333 Å². The van der Waals surface area contributed by atoms with Crippen LogP contribution < -0.4 is 0 Å². The lowest BCUT2D eigenvalue weighted by Crippen LogP contribution is -2.43. The molecule has 4 heterocycles. The van der Waals surface area contributed by atoms with Gasteiger partial charge in [0.2, 0.25) is 0 Å². The number of fused-ring (bicyclic) bond motifs is 14. The Hall–Kier alpha value is -9.88. The fraction of sp³-hybridized carbons (Fsp3) is 0.418. The van der Waals surface area contributed by atoms with Gasteiger partial charge in [0.15, 0.2) is 0 Å². The molecule has 0 atom stereocenters. The summed E-state index contributed by atoms with van der Waals surface area (Å²) < 4.78 is 7.13. The average Bonchev–Trinajstić information content (AvgIpc) is 1.71. The van der Waals surface area contributed by atoms with Crippen LogP contribution in [0, 0.1) is 68.8 Å². The van der Waals surface area contributed by atoms with Crippen molar-refractivity contribution in [3.63, 3.8) is 0 Å². The van der Waals surface area contributed by atoms with E-state index in [-0.39, 0.29) is 0 Å². The van der Waals surface area contributed by atoms with Gasteiger partial charge in [-0.3, -0.25) is 0 Å². The molecule has 0 unspecified atom stereocenters. The molecule has 0 N–H and O–H groups in total. The summed E-state index contributed by atoms with van der Waals surface area (Å²) in [6.07, 6.45) is 4.35. The first-order valence-electron chi connectivity index (χ1n) is 54.6. The van der Waals surface area contributed by atoms with Gasteiger partial charge in [0.1, 0.15) is 48.4 Å². The molecule has 0 saturated carbocycles. The SMILES string of the molecule is CC(C)[Si](C#Cc1c2cc3cc4ccccc4cc3cc2c(C#C[Si](C(C)C)(C(C)C)C(C)C)c2cc3cc4ccccc4cc3cc12)(C(C)C)C(C)C.CC(C)[Si](C#Cc1c2cc3ccn(C)c3cc2c(C#C[Si](C(C)C)(C(C)C)C(C)C)c2cc3ccn(C)c3cc12)(C(C)C)C(C)C.CC(C)[Si](C#Cc1c2cc3ccsc3cc2c(C#C[Si](C(C)C)(C(C)C)C(C)C)c2cc3ccsc3cc12)(C(C)C)C(C)C. The second-order valence-electron chi connectivity index (χ2n) is 48.5. The largest absolute Gasteiger partial charge is 0.351 e. The van der Waals surface area contributed by atoms with E-state index in [2.05, 4.69) is 534 Å². The van der Waals surface area contributed by atoms with Gasteiger partial charge in [-0.25, -0.2) is 0 Å². The van der Waals surface area contributed by atoms with E-state index in [4.69, 9.17) is 0 Å². The summed E-state index contributed by atoms with van der Waals surface area (Å²) >= 11 is 3.65. The normalized spacial score (nSPS) is 12.9. The maximum absolute atomic E-state index is 4.17. The molecule has 144 heavy (non-hydrogen) atoms. The van der Waals surface area contributed by atoms with Gasteiger partial charge in [0.05, 0.1) is 0 Å². The molecular weight excluding hydrogens is 1870 g/mol. The molecule has 17 aromatic rings. The number of rotatable bonds is 18. The van der Waals surface area contributed by atoms with Crippen LogP contribution in [0.3, 0.4) is 0 Å². The summed E-state index contributed by atoms with van der Waals surface area (Å²) in [5.41, 5.74) is 44.6. The number of hydrogen-bond donors (Lipinski definition) is 0. The third kappa shape index (κ3) is 19.0. The third-order valence-electron chi connectivity index (χ3n) is 35.8. The first-order valence-corrected chi connectivity index (χ1v) is 69.8. The Morgan fingerprint density at radius 3 is 0.535 bits per heavy atom. The van der Waals surface area contributed by atoms with Gasteiger partial charge in [-0.05, 0) is 329 Å². The monoisotopic (exact) mass is 2030 g/mol. The Bertz CT molecular complexity index is 7410. The minimum absolute atomic E-state index is 0.549. The van der Waals surface area contributed by atoms with Crippen LogP contribution in [0.1, 0.15) is 283 Å². The Morgan fingerprint density at radius 1 is 0.181 bits per heavy atom. The minimum atomic E-state index is -2.04. The molecule has 0 fully saturated rings. The molecule has 17 rings (SSSR count). The molecule has 0 aliphatic heterocycles. The highest BCUT2D eigenvalue weighted by molar-refractivity contribution is 7.17. The number of benzene rings is 13. The first kappa shape index (κ1) is 108. The summed E-state index contributed by atoms with van der Waals surface area (Å²) in [5, 5.41) is 34.6. The van der Waals surface area contributed by atoms with Gasteiger partial charge < -0.3 is 9.13 Å². The molecule has 0 amide bonds. The number of nitrogens with zero attached hydrogens (tertiary/aromatic N) is 2. The number of aromatic nitrogens is 2. The van der Waals surface area contributed by atoms with Crippen molar-refractivity contribution in [2.45, 2.75) is 349 Å². The van der Waals surface area contributed by atoms with Crippen LogP contribution in [0.4, 0.5) is 0 Å². The van der Waals surface area contributed by atoms with E-state index in [0.717, 1.165) is 11.1 Å². The van der Waals surface area contributed by atoms with Crippen molar-refractivity contribution in [3.8, 4) is 68.8 Å². The van der Waals surface area contributed by atoms with E-state index >= 15 is 0 Å². The van der Waals surface area contributed by atoms with Crippen molar-refractivity contribution in [3.05, 3.63) is 226 Å². The number of aryl methyl sites for hydroxylation is 2. The van der Waals surface area contributed by atoms with Gasteiger partial charge in [0.25, 0.3) is 0 Å². The Morgan fingerprint density at radius 2 is 0.347 bits per heavy atom. The first-order chi connectivity index (χ1) is 68.0. The van der Waals surface area contributed by atoms with Crippen molar-refractivity contribution in [2.24, 2.45) is 14.1 Å². The highest BCUT2D eigenvalue weighted by Crippen LogP contribution is 2.52. The van der Waals surface area contributed by atoms with Crippen LogP contribution in [0.5, 0.6) is 0 Å². The Labute approximate surface area is 880 Å². The van der Waals surface area contributed by atoms with Crippen molar-refractivity contribution < 1.29 is 0 Å². The van der Waals surface area contributed by atoms with E-state index in [1.807, 2.05) is 22.7 Å². The highest BCUT2D eigenvalue weighted by atomic mass is 32.1. The molecule has 0 aliphatic rings. The predicted molar refractivity (Wildman–Crippen MR) is 666 cm³/mol. The van der Waals surface area contributed by atoms with Crippen molar-refractivity contribution >= 4 is 221 Å². The molecular formula is C134H164N2S2Si6. The van der Waals surface area contributed by atoms with E-state index in [1.54, 1.807) is 0 Å². The summed E-state index contributed by atoms with van der Waals surface area (Å²) in [6, 6.07) is 65.0. The van der Waals surface area contributed by atoms with Gasteiger partial charge in [0, 0.05) is 113 Å². The van der Waals surface area contributed by atoms with Crippen molar-refractivity contribution in [1.82, 2.24) is 9.13 Å². The minimum Gasteiger partial charge on any atom is -0.351 e. The zero-order valence-electron chi connectivity index (χ0n) is 94.6. The van der Waals surface area contributed by atoms with Crippen LogP contribution in [-0.2, 0) is 14.1 Å². The molecule has 746 valence electrons. The number of hydrogen-bond acceptors (Lipinski definition) is 2. The van der Waals surface area contributed by atoms with Gasteiger partial charge in [-0.2, -0.15) is 0 Å². The van der Waals surface area contributed by atoms with Crippen LogP contribution in [0.25, 0.3) is 150 Å². The lowest BCUT2D eigenvalue weighted by Gasteiger charge is -2.38. The van der Waals surface area contributed by atoms with E-state index in [1.165, 1.54) is 172 Å². The van der Waals surface area contributed by atoms with E-state index in [0.29, 0.717) is 99.7 Å². The molecule has 10 heteroatoms. The van der Waals surface area contributed by atoms with Crippen LogP contribution in [0.2, 0.25) is 99.7 Å². The highest BCUT2D eigenvalue weighted by Gasteiger charge is 2.48. The van der Waals surface area contributed by atoms with Crippen LogP contribution in [-0.4, -0.2) is 57.6 Å². The van der Waals surface area contributed by atoms with Crippen molar-refractivity contribution in [2.75, 3.05) is 0 Å². The summed E-state index contributed by atoms with van der Waals surface area (Å²) in [7, 11) is -7.60. The second-order valence-corrected chi connectivity index (χ2v) is 83.9. The van der Waals surface area contributed by atoms with Crippen LogP contribution >= 0.6 is 22.7 Å². The quantitative estimate of drug-likeness (QED) is 0.0460. The molecule has 0 spiro atoms. The van der Waals surface area contributed by atoms with Gasteiger partial charge in [-0.15, -0.1) is 55.9 Å². The van der Waals surface area contributed by atoms with Gasteiger partial charge >= 0.3 is 0 Å². The zero-order chi connectivity index (χ0) is 105. The van der Waals surface area contributed by atoms with E-state index in [9.17, 15) is 0 Å². The van der Waals surface area contributed by atoms with Crippen molar-refractivity contribution in [1.29, 1.82) is 0 Å². The molecule has 0 saturated heterocycles. The maximum Gasteiger partial charge on any atom is 0.146 e.